The summed E-state index contributed by atoms with van der Waals surface area (Å²) in [5.74, 6) is 1.94. The number of piperidine rings is 2. The molecule has 0 aliphatic carbocycles. The fourth-order valence-corrected chi connectivity index (χ4v) is 2.91. The number of hydrogen-bond acceptors (Lipinski definition) is 1. The molecule has 12 heavy (non-hydrogen) atoms. The van der Waals surface area contributed by atoms with Crippen LogP contribution in [-0.2, 0) is 0 Å². The van der Waals surface area contributed by atoms with Gasteiger partial charge in [-0.1, -0.05) is 13.8 Å². The third-order valence-electron chi connectivity index (χ3n) is 3.78. The van der Waals surface area contributed by atoms with Crippen LogP contribution in [0.1, 0.15) is 39.5 Å². The molecule has 0 amide bonds. The smallest absolute Gasteiger partial charge is 0.0123 e. The lowest BCUT2D eigenvalue weighted by Crippen LogP contribution is -2.48. The van der Waals surface area contributed by atoms with Gasteiger partial charge in [-0.15, -0.1) is 0 Å². The maximum Gasteiger partial charge on any atom is 0.0123 e. The number of rotatable bonds is 0. The molecule has 0 aromatic rings. The summed E-state index contributed by atoms with van der Waals surface area (Å²) in [6.07, 6.45) is 5.80. The Morgan fingerprint density at radius 1 is 1.08 bits per heavy atom. The molecule has 0 saturated carbocycles. The van der Waals surface area contributed by atoms with E-state index in [1.807, 2.05) is 0 Å². The molecule has 3 atom stereocenters. The number of hydrogen-bond donors (Lipinski definition) is 0. The van der Waals surface area contributed by atoms with Gasteiger partial charge in [0.15, 0.2) is 0 Å². The van der Waals surface area contributed by atoms with E-state index in [0.29, 0.717) is 0 Å². The molecule has 2 aliphatic heterocycles. The number of fused-ring (bicyclic) bond motifs is 1. The molecule has 0 aromatic carbocycles. The fourth-order valence-electron chi connectivity index (χ4n) is 2.91. The van der Waals surface area contributed by atoms with Crippen molar-refractivity contribution in [1.82, 2.24) is 4.90 Å². The van der Waals surface area contributed by atoms with Crippen molar-refractivity contribution in [3.05, 3.63) is 0 Å². The van der Waals surface area contributed by atoms with Crippen molar-refractivity contribution in [2.45, 2.75) is 45.6 Å². The van der Waals surface area contributed by atoms with Crippen molar-refractivity contribution in [2.24, 2.45) is 11.8 Å². The lowest BCUT2D eigenvalue weighted by molar-refractivity contribution is 0.0466. The van der Waals surface area contributed by atoms with Crippen molar-refractivity contribution in [2.75, 3.05) is 13.1 Å². The summed E-state index contributed by atoms with van der Waals surface area (Å²) in [7, 11) is 0. The third-order valence-corrected chi connectivity index (χ3v) is 3.78. The highest BCUT2D eigenvalue weighted by atomic mass is 15.2. The third kappa shape index (κ3) is 1.52. The second kappa shape index (κ2) is 3.37. The zero-order valence-corrected chi connectivity index (χ0v) is 8.42. The molecule has 2 aliphatic rings. The standard InChI is InChI=1S/C11H21N/c1-9-5-7-12-6-3-4-10(2)11(12)8-9/h9-11H,3-8H2,1-2H3. The molecule has 2 heterocycles. The maximum absolute atomic E-state index is 2.73. The molecule has 2 fully saturated rings. The first kappa shape index (κ1) is 8.55. The quantitative estimate of drug-likeness (QED) is 0.536. The van der Waals surface area contributed by atoms with Crippen molar-refractivity contribution < 1.29 is 0 Å². The Morgan fingerprint density at radius 3 is 2.75 bits per heavy atom. The van der Waals surface area contributed by atoms with Crippen LogP contribution in [0.4, 0.5) is 0 Å². The lowest BCUT2D eigenvalue weighted by Gasteiger charge is -2.45. The summed E-state index contributed by atoms with van der Waals surface area (Å²) >= 11 is 0. The Labute approximate surface area is 76.1 Å². The first-order chi connectivity index (χ1) is 5.77. The summed E-state index contributed by atoms with van der Waals surface area (Å²) in [5, 5.41) is 0. The average molecular weight is 167 g/mol. The van der Waals surface area contributed by atoms with E-state index in [-0.39, 0.29) is 0 Å². The Kier molecular flexibility index (Phi) is 2.40. The molecule has 1 heteroatoms. The highest BCUT2D eigenvalue weighted by Crippen LogP contribution is 2.32. The molecule has 0 radical (unpaired) electrons. The molecule has 2 rings (SSSR count). The van der Waals surface area contributed by atoms with Crippen LogP contribution in [0.5, 0.6) is 0 Å². The van der Waals surface area contributed by atoms with Gasteiger partial charge >= 0.3 is 0 Å². The van der Waals surface area contributed by atoms with Gasteiger partial charge in [0.05, 0.1) is 0 Å². The topological polar surface area (TPSA) is 3.24 Å². The second-order valence-corrected chi connectivity index (χ2v) is 4.85. The van der Waals surface area contributed by atoms with E-state index in [1.54, 1.807) is 0 Å². The Balaban J connectivity index is 2.00. The summed E-state index contributed by atoms with van der Waals surface area (Å²) < 4.78 is 0. The van der Waals surface area contributed by atoms with Gasteiger partial charge in [0.25, 0.3) is 0 Å². The molecular formula is C11H21N. The van der Waals surface area contributed by atoms with Gasteiger partial charge in [0.1, 0.15) is 0 Å². The zero-order valence-electron chi connectivity index (χ0n) is 8.42. The van der Waals surface area contributed by atoms with E-state index in [1.165, 1.54) is 38.8 Å². The van der Waals surface area contributed by atoms with E-state index in [0.717, 1.165) is 17.9 Å². The second-order valence-electron chi connectivity index (χ2n) is 4.85. The van der Waals surface area contributed by atoms with Gasteiger partial charge < -0.3 is 4.90 Å². The van der Waals surface area contributed by atoms with Crippen LogP contribution < -0.4 is 0 Å². The monoisotopic (exact) mass is 167 g/mol. The minimum atomic E-state index is 0.933. The molecule has 0 bridgehead atoms. The summed E-state index contributed by atoms with van der Waals surface area (Å²) in [6.45, 7) is 7.60. The molecule has 1 nitrogen and oxygen atoms in total. The number of nitrogens with zero attached hydrogens (tertiary/aromatic N) is 1. The molecule has 0 aromatic heterocycles. The summed E-state index contributed by atoms with van der Waals surface area (Å²) in [5.41, 5.74) is 0. The largest absolute Gasteiger partial charge is 0.300 e. The predicted molar refractivity (Wildman–Crippen MR) is 52.2 cm³/mol. The van der Waals surface area contributed by atoms with Crippen LogP contribution in [0, 0.1) is 11.8 Å². The van der Waals surface area contributed by atoms with E-state index in [9.17, 15) is 0 Å². The highest BCUT2D eigenvalue weighted by Gasteiger charge is 2.32. The molecule has 0 spiro atoms. The van der Waals surface area contributed by atoms with E-state index >= 15 is 0 Å². The Hall–Kier alpha value is -0.0400. The van der Waals surface area contributed by atoms with Crippen molar-refractivity contribution in [3.8, 4) is 0 Å². The molecule has 3 unspecified atom stereocenters. The van der Waals surface area contributed by atoms with Crippen molar-refractivity contribution in [3.63, 3.8) is 0 Å². The summed E-state index contributed by atoms with van der Waals surface area (Å²) in [6, 6.07) is 0.933. The van der Waals surface area contributed by atoms with Gasteiger partial charge in [-0.2, -0.15) is 0 Å². The summed E-state index contributed by atoms with van der Waals surface area (Å²) in [4.78, 5) is 2.73. The predicted octanol–water partition coefficient (Wildman–Crippen LogP) is 2.52. The maximum atomic E-state index is 2.73. The highest BCUT2D eigenvalue weighted by molar-refractivity contribution is 4.86. The van der Waals surface area contributed by atoms with Crippen LogP contribution in [0.2, 0.25) is 0 Å². The zero-order chi connectivity index (χ0) is 8.55. The van der Waals surface area contributed by atoms with Gasteiger partial charge in [-0.3, -0.25) is 0 Å². The SMILES string of the molecule is CC1CCN2CCCC(C)C2C1. The van der Waals surface area contributed by atoms with Crippen LogP contribution in [0.3, 0.4) is 0 Å². The van der Waals surface area contributed by atoms with Crippen molar-refractivity contribution in [1.29, 1.82) is 0 Å². The van der Waals surface area contributed by atoms with Crippen molar-refractivity contribution >= 4 is 0 Å². The van der Waals surface area contributed by atoms with Gasteiger partial charge in [-0.05, 0) is 50.6 Å². The van der Waals surface area contributed by atoms with E-state index in [4.69, 9.17) is 0 Å². The van der Waals surface area contributed by atoms with E-state index in [2.05, 4.69) is 18.7 Å². The average Bonchev–Trinajstić information content (AvgIpc) is 2.07. The molecular weight excluding hydrogens is 146 g/mol. The van der Waals surface area contributed by atoms with E-state index < -0.39 is 0 Å². The molecule has 2 saturated heterocycles. The van der Waals surface area contributed by atoms with Crippen LogP contribution in [-0.4, -0.2) is 24.0 Å². The minimum absolute atomic E-state index is 0.933. The lowest BCUT2D eigenvalue weighted by atomic mass is 9.81. The van der Waals surface area contributed by atoms with Crippen LogP contribution in [0.15, 0.2) is 0 Å². The first-order valence-corrected chi connectivity index (χ1v) is 5.51. The van der Waals surface area contributed by atoms with Gasteiger partial charge in [0.2, 0.25) is 0 Å². The van der Waals surface area contributed by atoms with Gasteiger partial charge in [-0.25, -0.2) is 0 Å². The fraction of sp³-hybridized carbons (Fsp3) is 1.00. The van der Waals surface area contributed by atoms with Crippen LogP contribution in [0.25, 0.3) is 0 Å². The van der Waals surface area contributed by atoms with Gasteiger partial charge in [0, 0.05) is 6.04 Å². The first-order valence-electron chi connectivity index (χ1n) is 5.51. The van der Waals surface area contributed by atoms with Crippen LogP contribution >= 0.6 is 0 Å². The Bertz CT molecular complexity index is 155. The normalized spacial score (nSPS) is 44.0. The molecule has 70 valence electrons. The Morgan fingerprint density at radius 2 is 1.92 bits per heavy atom. The molecule has 0 N–H and O–H groups in total. The minimum Gasteiger partial charge on any atom is -0.300 e.